The maximum absolute atomic E-state index is 2.42. The van der Waals surface area contributed by atoms with Gasteiger partial charge in [-0.05, 0) is 44.1 Å². The first kappa shape index (κ1) is 16.8. The highest BCUT2D eigenvalue weighted by atomic mass is 14.1. The largest absolute Gasteiger partial charge is 0.0885 e. The average Bonchev–Trinajstić information content (AvgIpc) is 2.46. The minimum atomic E-state index is 0.636. The van der Waals surface area contributed by atoms with Gasteiger partial charge in [0.05, 0.1) is 0 Å². The molecule has 0 aliphatic carbocycles. The van der Waals surface area contributed by atoms with Crippen molar-refractivity contribution in [2.75, 3.05) is 0 Å². The molecule has 20 heavy (non-hydrogen) atoms. The van der Waals surface area contributed by atoms with Crippen molar-refractivity contribution in [3.8, 4) is 0 Å². The molecule has 0 bridgehead atoms. The van der Waals surface area contributed by atoms with Gasteiger partial charge in [0.15, 0.2) is 0 Å². The van der Waals surface area contributed by atoms with Crippen LogP contribution in [0.1, 0.15) is 57.1 Å². The van der Waals surface area contributed by atoms with Gasteiger partial charge in [-0.25, -0.2) is 0 Å². The van der Waals surface area contributed by atoms with E-state index in [1.165, 1.54) is 36.8 Å². The van der Waals surface area contributed by atoms with E-state index in [4.69, 9.17) is 0 Å². The Morgan fingerprint density at radius 2 is 1.55 bits per heavy atom. The van der Waals surface area contributed by atoms with E-state index >= 15 is 0 Å². The fourth-order valence-electron chi connectivity index (χ4n) is 2.27. The minimum Gasteiger partial charge on any atom is -0.0885 e. The van der Waals surface area contributed by atoms with Crippen molar-refractivity contribution in [2.45, 2.75) is 59.3 Å². The summed E-state index contributed by atoms with van der Waals surface area (Å²) in [6.45, 7) is 6.62. The zero-order valence-corrected chi connectivity index (χ0v) is 13.4. The molecule has 1 aromatic rings. The Kier molecular flexibility index (Phi) is 8.78. The minimum absolute atomic E-state index is 0.636. The third-order valence-electron chi connectivity index (χ3n) is 3.54. The number of unbranched alkanes of at least 4 members (excludes halogenated alkanes) is 2. The van der Waals surface area contributed by atoms with Crippen molar-refractivity contribution in [1.82, 2.24) is 0 Å². The van der Waals surface area contributed by atoms with Crippen molar-refractivity contribution < 1.29 is 0 Å². The zero-order chi connectivity index (χ0) is 14.6. The molecule has 0 aliphatic heterocycles. The summed E-state index contributed by atoms with van der Waals surface area (Å²) in [7, 11) is 0. The van der Waals surface area contributed by atoms with E-state index in [1.54, 1.807) is 0 Å². The summed E-state index contributed by atoms with van der Waals surface area (Å²) in [6.07, 6.45) is 16.6. The van der Waals surface area contributed by atoms with Crippen LogP contribution in [0.4, 0.5) is 0 Å². The Hall–Kier alpha value is -1.30. The molecule has 0 aliphatic rings. The van der Waals surface area contributed by atoms with Crippen LogP contribution in [0.3, 0.4) is 0 Å². The van der Waals surface area contributed by atoms with Crippen LogP contribution in [-0.4, -0.2) is 0 Å². The van der Waals surface area contributed by atoms with Crippen LogP contribution >= 0.6 is 0 Å². The van der Waals surface area contributed by atoms with Gasteiger partial charge in [0.2, 0.25) is 0 Å². The van der Waals surface area contributed by atoms with E-state index in [-0.39, 0.29) is 0 Å². The van der Waals surface area contributed by atoms with Gasteiger partial charge in [-0.1, -0.05) is 80.8 Å². The van der Waals surface area contributed by atoms with Crippen LogP contribution in [0, 0.1) is 12.8 Å². The molecule has 0 N–H and O–H groups in total. The van der Waals surface area contributed by atoms with Gasteiger partial charge in [0.25, 0.3) is 0 Å². The molecule has 0 aromatic heterocycles. The lowest BCUT2D eigenvalue weighted by Gasteiger charge is -2.11. The second kappa shape index (κ2) is 10.5. The molecule has 0 saturated carbocycles. The van der Waals surface area contributed by atoms with Crippen LogP contribution in [0.15, 0.2) is 48.6 Å². The Bertz CT molecular complexity index is 395. The molecule has 0 amide bonds. The lowest BCUT2D eigenvalue weighted by Crippen LogP contribution is -2.00. The van der Waals surface area contributed by atoms with Crippen molar-refractivity contribution in [1.29, 1.82) is 0 Å². The molecule has 0 fully saturated rings. The van der Waals surface area contributed by atoms with Crippen LogP contribution in [0.5, 0.6) is 0 Å². The van der Waals surface area contributed by atoms with E-state index in [0.717, 1.165) is 12.8 Å². The van der Waals surface area contributed by atoms with Gasteiger partial charge < -0.3 is 0 Å². The summed E-state index contributed by atoms with van der Waals surface area (Å²) in [4.78, 5) is 0. The molecule has 1 unspecified atom stereocenters. The highest BCUT2D eigenvalue weighted by Crippen LogP contribution is 2.16. The van der Waals surface area contributed by atoms with Gasteiger partial charge in [-0.15, -0.1) is 0 Å². The number of benzene rings is 1. The van der Waals surface area contributed by atoms with E-state index in [1.807, 2.05) is 0 Å². The standard InChI is InChI=1S/C20H30/c1-4-6-8-10-12-19(11-9-7-5-2)17-20-15-13-18(3)14-16-20/h8-11,13-16,19H,4-7,12,17H2,1-3H3. The fraction of sp³-hybridized carbons (Fsp3) is 0.500. The SMILES string of the molecule is CCCC=CCC(C=CCCC)Cc1ccc(C)cc1. The quantitative estimate of drug-likeness (QED) is 0.465. The van der Waals surface area contributed by atoms with Gasteiger partial charge in [-0.3, -0.25) is 0 Å². The highest BCUT2D eigenvalue weighted by Gasteiger charge is 2.04. The third-order valence-corrected chi connectivity index (χ3v) is 3.54. The predicted molar refractivity (Wildman–Crippen MR) is 91.1 cm³/mol. The number of aryl methyl sites for hydroxylation is 1. The Morgan fingerprint density at radius 3 is 2.20 bits per heavy atom. The fourth-order valence-corrected chi connectivity index (χ4v) is 2.27. The summed E-state index contributed by atoms with van der Waals surface area (Å²) in [5.74, 6) is 0.636. The lowest BCUT2D eigenvalue weighted by atomic mass is 9.94. The van der Waals surface area contributed by atoms with Gasteiger partial charge in [-0.2, -0.15) is 0 Å². The first-order valence-corrected chi connectivity index (χ1v) is 8.13. The number of hydrogen-bond donors (Lipinski definition) is 0. The van der Waals surface area contributed by atoms with Gasteiger partial charge >= 0.3 is 0 Å². The van der Waals surface area contributed by atoms with Gasteiger partial charge in [0, 0.05) is 0 Å². The van der Waals surface area contributed by atoms with Crippen LogP contribution in [-0.2, 0) is 6.42 Å². The molecule has 0 nitrogen and oxygen atoms in total. The molecule has 0 heterocycles. The molecular formula is C20H30. The number of rotatable bonds is 9. The maximum atomic E-state index is 2.42. The summed E-state index contributed by atoms with van der Waals surface area (Å²) in [5, 5.41) is 0. The zero-order valence-electron chi connectivity index (χ0n) is 13.4. The second-order valence-corrected chi connectivity index (χ2v) is 5.66. The first-order chi connectivity index (χ1) is 9.76. The van der Waals surface area contributed by atoms with E-state index < -0.39 is 0 Å². The third kappa shape index (κ3) is 7.33. The van der Waals surface area contributed by atoms with Crippen molar-refractivity contribution in [3.05, 3.63) is 59.7 Å². The topological polar surface area (TPSA) is 0 Å². The molecular weight excluding hydrogens is 240 g/mol. The van der Waals surface area contributed by atoms with E-state index in [0.29, 0.717) is 5.92 Å². The molecule has 1 rings (SSSR count). The van der Waals surface area contributed by atoms with E-state index in [2.05, 4.69) is 69.3 Å². The number of hydrogen-bond acceptors (Lipinski definition) is 0. The van der Waals surface area contributed by atoms with Crippen molar-refractivity contribution in [2.24, 2.45) is 5.92 Å². The predicted octanol–water partition coefficient (Wildman–Crippen LogP) is 6.26. The lowest BCUT2D eigenvalue weighted by molar-refractivity contribution is 0.654. The number of allylic oxidation sites excluding steroid dienone is 4. The normalized spacial score (nSPS) is 13.3. The molecule has 0 spiro atoms. The van der Waals surface area contributed by atoms with Crippen LogP contribution in [0.2, 0.25) is 0 Å². The second-order valence-electron chi connectivity index (χ2n) is 5.66. The average molecular weight is 270 g/mol. The summed E-state index contributed by atoms with van der Waals surface area (Å²) in [6, 6.07) is 8.97. The first-order valence-electron chi connectivity index (χ1n) is 8.13. The molecule has 0 heteroatoms. The highest BCUT2D eigenvalue weighted by molar-refractivity contribution is 5.22. The molecule has 0 saturated heterocycles. The van der Waals surface area contributed by atoms with E-state index in [9.17, 15) is 0 Å². The Morgan fingerprint density at radius 1 is 0.900 bits per heavy atom. The maximum Gasteiger partial charge on any atom is -0.0158 e. The van der Waals surface area contributed by atoms with Crippen LogP contribution < -0.4 is 0 Å². The Balaban J connectivity index is 2.58. The summed E-state index contributed by atoms with van der Waals surface area (Å²) < 4.78 is 0. The van der Waals surface area contributed by atoms with Crippen molar-refractivity contribution in [3.63, 3.8) is 0 Å². The summed E-state index contributed by atoms with van der Waals surface area (Å²) >= 11 is 0. The monoisotopic (exact) mass is 270 g/mol. The molecule has 0 radical (unpaired) electrons. The van der Waals surface area contributed by atoms with Crippen molar-refractivity contribution >= 4 is 0 Å². The molecule has 110 valence electrons. The molecule has 1 atom stereocenters. The van der Waals surface area contributed by atoms with Crippen LogP contribution in [0.25, 0.3) is 0 Å². The smallest absolute Gasteiger partial charge is 0.0158 e. The Labute approximate surface area is 125 Å². The summed E-state index contributed by atoms with van der Waals surface area (Å²) in [5.41, 5.74) is 2.79. The molecule has 1 aromatic carbocycles. The van der Waals surface area contributed by atoms with Gasteiger partial charge in [0.1, 0.15) is 0 Å².